The fraction of sp³-hybridized carbons (Fsp3) is 0.316. The first-order chi connectivity index (χ1) is 12.6. The third kappa shape index (κ3) is 3.73. The van der Waals surface area contributed by atoms with Gasteiger partial charge in [-0.15, -0.1) is 0 Å². The van der Waals surface area contributed by atoms with Gasteiger partial charge in [-0.05, 0) is 30.5 Å². The Morgan fingerprint density at radius 1 is 1.04 bits per heavy atom. The van der Waals surface area contributed by atoms with Crippen molar-refractivity contribution in [3.8, 4) is 0 Å². The average Bonchev–Trinajstić information content (AvgIpc) is 3.05. The molecule has 7 heteroatoms. The molecule has 1 aromatic heterocycles. The number of hydrogen-bond acceptors (Lipinski definition) is 5. The molecule has 6 nitrogen and oxygen atoms in total. The summed E-state index contributed by atoms with van der Waals surface area (Å²) in [5.41, 5.74) is 2.38. The highest BCUT2D eigenvalue weighted by Gasteiger charge is 2.28. The van der Waals surface area contributed by atoms with E-state index in [4.69, 9.17) is 4.42 Å². The topological polar surface area (TPSA) is 75.4 Å². The summed E-state index contributed by atoms with van der Waals surface area (Å²) in [7, 11) is -3.29. The number of benzene rings is 2. The molecular weight excluding hydrogens is 350 g/mol. The largest absolute Gasteiger partial charge is 0.424 e. The van der Waals surface area contributed by atoms with Gasteiger partial charge in [0.15, 0.2) is 5.58 Å². The van der Waals surface area contributed by atoms with Crippen molar-refractivity contribution in [2.24, 2.45) is 0 Å². The minimum Gasteiger partial charge on any atom is -0.424 e. The fourth-order valence-corrected chi connectivity index (χ4v) is 4.83. The molecule has 0 unspecified atom stereocenters. The predicted molar refractivity (Wildman–Crippen MR) is 101 cm³/mol. The van der Waals surface area contributed by atoms with Crippen molar-refractivity contribution in [1.82, 2.24) is 9.29 Å². The number of oxazole rings is 1. The Morgan fingerprint density at radius 2 is 1.73 bits per heavy atom. The van der Waals surface area contributed by atoms with Gasteiger partial charge in [-0.25, -0.2) is 12.7 Å². The van der Waals surface area contributed by atoms with Crippen LogP contribution in [-0.4, -0.2) is 36.8 Å². The third-order valence-electron chi connectivity index (χ3n) is 4.66. The zero-order valence-electron chi connectivity index (χ0n) is 14.3. The van der Waals surface area contributed by atoms with Gasteiger partial charge in [-0.1, -0.05) is 42.5 Å². The standard InChI is InChI=1S/C19H21N3O3S/c23-26(24,14-15-6-2-1-3-7-15)22-12-10-16(11-13-22)20-19-21-17-8-4-5-9-18(17)25-19/h1-9,16H,10-14H2,(H,20,21). The van der Waals surface area contributed by atoms with Gasteiger partial charge < -0.3 is 9.73 Å². The van der Waals surface area contributed by atoms with Crippen LogP contribution in [0, 0.1) is 0 Å². The molecule has 1 saturated heterocycles. The molecule has 0 aliphatic carbocycles. The summed E-state index contributed by atoms with van der Waals surface area (Å²) in [6.45, 7) is 1.01. The number of sulfonamides is 1. The summed E-state index contributed by atoms with van der Waals surface area (Å²) in [4.78, 5) is 4.42. The van der Waals surface area contributed by atoms with Crippen LogP contribution >= 0.6 is 0 Å². The number of anilines is 1. The normalized spacial score (nSPS) is 16.8. The van der Waals surface area contributed by atoms with Crippen LogP contribution in [0.3, 0.4) is 0 Å². The molecule has 4 rings (SSSR count). The van der Waals surface area contributed by atoms with Gasteiger partial charge in [0.2, 0.25) is 10.0 Å². The molecule has 1 N–H and O–H groups in total. The van der Waals surface area contributed by atoms with Gasteiger partial charge in [-0.3, -0.25) is 0 Å². The Hall–Kier alpha value is -2.38. The monoisotopic (exact) mass is 371 g/mol. The molecule has 2 heterocycles. The summed E-state index contributed by atoms with van der Waals surface area (Å²) < 4.78 is 32.5. The van der Waals surface area contributed by atoms with E-state index in [1.165, 1.54) is 0 Å². The molecule has 1 fully saturated rings. The van der Waals surface area contributed by atoms with E-state index in [0.29, 0.717) is 19.1 Å². The van der Waals surface area contributed by atoms with Gasteiger partial charge in [0.1, 0.15) is 5.52 Å². The van der Waals surface area contributed by atoms with E-state index in [9.17, 15) is 8.42 Å². The zero-order valence-corrected chi connectivity index (χ0v) is 15.2. The number of nitrogens with one attached hydrogen (secondary N) is 1. The van der Waals surface area contributed by atoms with E-state index >= 15 is 0 Å². The molecule has 0 bridgehead atoms. The molecule has 1 aliphatic rings. The lowest BCUT2D eigenvalue weighted by Crippen LogP contribution is -2.42. The Balaban J connectivity index is 1.36. The number of rotatable bonds is 5. The van der Waals surface area contributed by atoms with Crippen molar-refractivity contribution in [2.75, 3.05) is 18.4 Å². The van der Waals surface area contributed by atoms with Crippen molar-refractivity contribution in [2.45, 2.75) is 24.6 Å². The van der Waals surface area contributed by atoms with Crippen molar-refractivity contribution in [1.29, 1.82) is 0 Å². The van der Waals surface area contributed by atoms with Gasteiger partial charge >= 0.3 is 0 Å². The second-order valence-electron chi connectivity index (χ2n) is 6.55. The first-order valence-corrected chi connectivity index (χ1v) is 10.3. The van der Waals surface area contributed by atoms with Crippen LogP contribution in [0.5, 0.6) is 0 Å². The smallest absolute Gasteiger partial charge is 0.295 e. The van der Waals surface area contributed by atoms with Crippen LogP contribution in [0.25, 0.3) is 11.1 Å². The Bertz CT molecular complexity index is 944. The van der Waals surface area contributed by atoms with Crippen LogP contribution in [0.1, 0.15) is 18.4 Å². The van der Waals surface area contributed by atoms with E-state index in [-0.39, 0.29) is 11.8 Å². The van der Waals surface area contributed by atoms with Crippen molar-refractivity contribution >= 4 is 27.1 Å². The molecule has 136 valence electrons. The van der Waals surface area contributed by atoms with Crippen molar-refractivity contribution in [3.05, 3.63) is 60.2 Å². The van der Waals surface area contributed by atoms with Crippen LogP contribution in [0.15, 0.2) is 59.0 Å². The third-order valence-corrected chi connectivity index (χ3v) is 6.51. The van der Waals surface area contributed by atoms with E-state index in [2.05, 4.69) is 10.3 Å². The summed E-state index contributed by atoms with van der Waals surface area (Å²) in [6, 6.07) is 17.6. The minimum absolute atomic E-state index is 0.0526. The number of fused-ring (bicyclic) bond motifs is 1. The first kappa shape index (κ1) is 17.1. The number of aromatic nitrogens is 1. The molecule has 0 atom stereocenters. The Labute approximate surface area is 152 Å². The predicted octanol–water partition coefficient (Wildman–Crippen LogP) is 3.23. The number of nitrogens with zero attached hydrogens (tertiary/aromatic N) is 2. The fourth-order valence-electron chi connectivity index (χ4n) is 3.26. The quantitative estimate of drug-likeness (QED) is 0.745. The second kappa shape index (κ2) is 7.09. The molecule has 3 aromatic rings. The molecule has 0 saturated carbocycles. The lowest BCUT2D eigenvalue weighted by atomic mass is 10.1. The van der Waals surface area contributed by atoms with Gasteiger partial charge in [0.25, 0.3) is 6.01 Å². The zero-order chi connectivity index (χ0) is 18.0. The maximum Gasteiger partial charge on any atom is 0.295 e. The second-order valence-corrected chi connectivity index (χ2v) is 8.52. The van der Waals surface area contributed by atoms with Gasteiger partial charge in [-0.2, -0.15) is 4.98 Å². The minimum atomic E-state index is -3.29. The summed E-state index contributed by atoms with van der Waals surface area (Å²) in [5.74, 6) is 0.0526. The van der Waals surface area contributed by atoms with E-state index in [0.717, 1.165) is 29.5 Å². The van der Waals surface area contributed by atoms with E-state index < -0.39 is 10.0 Å². The Morgan fingerprint density at radius 3 is 2.46 bits per heavy atom. The highest BCUT2D eigenvalue weighted by Crippen LogP contribution is 2.23. The lowest BCUT2D eigenvalue weighted by molar-refractivity contribution is 0.327. The maximum absolute atomic E-state index is 12.6. The van der Waals surface area contributed by atoms with Crippen molar-refractivity contribution < 1.29 is 12.8 Å². The summed E-state index contributed by atoms with van der Waals surface area (Å²) in [5, 5.41) is 3.29. The molecular formula is C19H21N3O3S. The van der Waals surface area contributed by atoms with E-state index in [1.807, 2.05) is 54.6 Å². The SMILES string of the molecule is O=S(=O)(Cc1ccccc1)N1CCC(Nc2nc3ccccc3o2)CC1. The van der Waals surface area contributed by atoms with Gasteiger partial charge in [0.05, 0.1) is 5.75 Å². The van der Waals surface area contributed by atoms with Crippen LogP contribution < -0.4 is 5.32 Å². The summed E-state index contributed by atoms with van der Waals surface area (Å²) in [6.07, 6.45) is 1.46. The molecule has 0 amide bonds. The lowest BCUT2D eigenvalue weighted by Gasteiger charge is -2.31. The highest BCUT2D eigenvalue weighted by molar-refractivity contribution is 7.88. The van der Waals surface area contributed by atoms with Crippen LogP contribution in [-0.2, 0) is 15.8 Å². The van der Waals surface area contributed by atoms with Crippen LogP contribution in [0.2, 0.25) is 0 Å². The van der Waals surface area contributed by atoms with Crippen molar-refractivity contribution in [3.63, 3.8) is 0 Å². The first-order valence-electron chi connectivity index (χ1n) is 8.74. The number of piperidine rings is 1. The Kier molecular flexibility index (Phi) is 4.65. The number of para-hydroxylation sites is 2. The highest BCUT2D eigenvalue weighted by atomic mass is 32.2. The number of hydrogen-bond donors (Lipinski definition) is 1. The molecule has 1 aliphatic heterocycles. The van der Waals surface area contributed by atoms with Crippen LogP contribution in [0.4, 0.5) is 6.01 Å². The van der Waals surface area contributed by atoms with Gasteiger partial charge in [0, 0.05) is 19.1 Å². The maximum atomic E-state index is 12.6. The molecule has 26 heavy (non-hydrogen) atoms. The van der Waals surface area contributed by atoms with E-state index in [1.54, 1.807) is 4.31 Å². The molecule has 2 aromatic carbocycles. The average molecular weight is 371 g/mol. The molecule has 0 spiro atoms. The molecule has 0 radical (unpaired) electrons. The summed E-state index contributed by atoms with van der Waals surface area (Å²) >= 11 is 0.